The van der Waals surface area contributed by atoms with Gasteiger partial charge < -0.3 is 19.8 Å². The largest absolute Gasteiger partial charge is 0.392 e. The van der Waals surface area contributed by atoms with Crippen molar-refractivity contribution in [3.05, 3.63) is 59.2 Å². The van der Waals surface area contributed by atoms with E-state index in [-0.39, 0.29) is 17.9 Å². The molecule has 5 nitrogen and oxygen atoms in total. The summed E-state index contributed by atoms with van der Waals surface area (Å²) in [6, 6.07) is 8.26. The lowest BCUT2D eigenvalue weighted by molar-refractivity contribution is -0.135. The first-order valence-corrected chi connectivity index (χ1v) is 13.1. The van der Waals surface area contributed by atoms with Gasteiger partial charge in [0.05, 0.1) is 25.4 Å². The highest BCUT2D eigenvalue weighted by Crippen LogP contribution is 2.48. The molecule has 1 aliphatic heterocycles. The molecule has 5 heteroatoms. The van der Waals surface area contributed by atoms with Gasteiger partial charge in [-0.25, -0.2) is 0 Å². The number of ether oxygens (including phenoxy) is 1. The van der Waals surface area contributed by atoms with Gasteiger partial charge in [-0.15, -0.1) is 0 Å². The number of aliphatic hydroxyl groups excluding tert-OH is 2. The molecular weight excluding hydrogens is 426 g/mol. The van der Waals surface area contributed by atoms with Crippen LogP contribution < -0.4 is 0 Å². The second-order valence-corrected chi connectivity index (χ2v) is 10.4. The molecule has 1 heterocycles. The van der Waals surface area contributed by atoms with E-state index in [0.29, 0.717) is 37.9 Å². The molecule has 0 unspecified atom stereocenters. The van der Waals surface area contributed by atoms with Crippen LogP contribution >= 0.6 is 0 Å². The molecule has 3 aliphatic rings. The Bertz CT molecular complexity index is 873. The SMILES string of the molecule is Cc1cccc(C[C@@H](O)C=C[C@@H]2[C@H]3CC(CCCCCC(=O)N4CCOCC4)=C[C@H]3C[C@H]2O)c1. The number of hydrogen-bond donors (Lipinski definition) is 2. The summed E-state index contributed by atoms with van der Waals surface area (Å²) in [6.45, 7) is 4.87. The van der Waals surface area contributed by atoms with E-state index >= 15 is 0 Å². The first-order valence-electron chi connectivity index (χ1n) is 13.1. The molecule has 4 rings (SSSR count). The Morgan fingerprint density at radius 1 is 1.24 bits per heavy atom. The maximum absolute atomic E-state index is 12.3. The van der Waals surface area contributed by atoms with Crippen molar-refractivity contribution in [3.63, 3.8) is 0 Å². The molecule has 186 valence electrons. The summed E-state index contributed by atoms with van der Waals surface area (Å²) in [7, 11) is 0. The highest BCUT2D eigenvalue weighted by atomic mass is 16.5. The van der Waals surface area contributed by atoms with Crippen LogP contribution in [0.5, 0.6) is 0 Å². The third-order valence-corrected chi connectivity index (χ3v) is 7.79. The van der Waals surface area contributed by atoms with Crippen molar-refractivity contribution in [1.82, 2.24) is 4.90 Å². The lowest BCUT2D eigenvalue weighted by atomic mass is 9.88. The number of aliphatic hydroxyl groups is 2. The van der Waals surface area contributed by atoms with Gasteiger partial charge in [-0.2, -0.15) is 0 Å². The van der Waals surface area contributed by atoms with E-state index in [9.17, 15) is 15.0 Å². The van der Waals surface area contributed by atoms with E-state index in [1.165, 1.54) is 11.1 Å². The molecular formula is C29H41NO4. The van der Waals surface area contributed by atoms with Gasteiger partial charge in [0.25, 0.3) is 0 Å². The highest BCUT2D eigenvalue weighted by Gasteiger charge is 2.43. The van der Waals surface area contributed by atoms with Crippen molar-refractivity contribution in [2.45, 2.75) is 70.5 Å². The zero-order valence-corrected chi connectivity index (χ0v) is 20.6. The minimum absolute atomic E-state index is 0.122. The van der Waals surface area contributed by atoms with Crippen LogP contribution in [0.1, 0.15) is 56.1 Å². The summed E-state index contributed by atoms with van der Waals surface area (Å²) >= 11 is 0. The first kappa shape index (κ1) is 25.2. The third-order valence-electron chi connectivity index (χ3n) is 7.79. The summed E-state index contributed by atoms with van der Waals surface area (Å²) in [5, 5.41) is 21.1. The fourth-order valence-corrected chi connectivity index (χ4v) is 5.97. The number of carbonyl (C=O) groups is 1. The molecule has 34 heavy (non-hydrogen) atoms. The zero-order chi connectivity index (χ0) is 23.9. The summed E-state index contributed by atoms with van der Waals surface area (Å²) < 4.78 is 5.32. The minimum Gasteiger partial charge on any atom is -0.392 e. The normalized spacial score (nSPS) is 27.7. The lowest BCUT2D eigenvalue weighted by Gasteiger charge is -2.26. The molecule has 2 fully saturated rings. The Hall–Kier alpha value is -1.95. The van der Waals surface area contributed by atoms with E-state index in [1.807, 2.05) is 17.0 Å². The fraction of sp³-hybridized carbons (Fsp3) is 0.621. The van der Waals surface area contributed by atoms with Crippen LogP contribution in [0.25, 0.3) is 0 Å². The van der Waals surface area contributed by atoms with Gasteiger partial charge in [0.2, 0.25) is 5.91 Å². The fourth-order valence-electron chi connectivity index (χ4n) is 5.97. The number of rotatable bonds is 10. The summed E-state index contributed by atoms with van der Waals surface area (Å²) in [4.78, 5) is 14.2. The number of unbranched alkanes of at least 4 members (excludes halogenated alkanes) is 2. The second kappa shape index (κ2) is 12.1. The van der Waals surface area contributed by atoms with Gasteiger partial charge in [-0.3, -0.25) is 4.79 Å². The van der Waals surface area contributed by atoms with E-state index in [4.69, 9.17) is 4.74 Å². The number of aryl methyl sites for hydroxylation is 1. The van der Waals surface area contributed by atoms with Crippen molar-refractivity contribution in [3.8, 4) is 0 Å². The van der Waals surface area contributed by atoms with Crippen molar-refractivity contribution < 1.29 is 19.7 Å². The van der Waals surface area contributed by atoms with Crippen molar-refractivity contribution in [1.29, 1.82) is 0 Å². The molecule has 1 aromatic rings. The molecule has 0 aromatic heterocycles. The number of nitrogens with zero attached hydrogens (tertiary/aromatic N) is 1. The van der Waals surface area contributed by atoms with Crippen LogP contribution in [0.15, 0.2) is 48.1 Å². The van der Waals surface area contributed by atoms with Gasteiger partial charge in [-0.05, 0) is 56.4 Å². The predicted molar refractivity (Wildman–Crippen MR) is 134 cm³/mol. The van der Waals surface area contributed by atoms with Gasteiger partial charge in [0.15, 0.2) is 0 Å². The average Bonchev–Trinajstić information content (AvgIpc) is 3.34. The van der Waals surface area contributed by atoms with E-state index < -0.39 is 6.10 Å². The minimum atomic E-state index is -0.526. The molecule has 0 radical (unpaired) electrons. The Morgan fingerprint density at radius 3 is 2.85 bits per heavy atom. The number of benzene rings is 1. The van der Waals surface area contributed by atoms with Crippen LogP contribution in [-0.2, 0) is 16.0 Å². The molecule has 1 saturated carbocycles. The topological polar surface area (TPSA) is 70.0 Å². The lowest BCUT2D eigenvalue weighted by Crippen LogP contribution is -2.40. The molecule has 1 aromatic carbocycles. The number of hydrogen-bond acceptors (Lipinski definition) is 4. The quantitative estimate of drug-likeness (QED) is 0.400. The molecule has 1 saturated heterocycles. The van der Waals surface area contributed by atoms with E-state index in [2.05, 4.69) is 37.3 Å². The molecule has 2 aliphatic carbocycles. The van der Waals surface area contributed by atoms with Crippen LogP contribution in [0, 0.1) is 24.7 Å². The van der Waals surface area contributed by atoms with Crippen molar-refractivity contribution in [2.24, 2.45) is 17.8 Å². The number of amides is 1. The molecule has 1 amide bonds. The number of morpholine rings is 1. The van der Waals surface area contributed by atoms with Gasteiger partial charge in [-0.1, -0.05) is 60.1 Å². The maximum atomic E-state index is 12.3. The second-order valence-electron chi connectivity index (χ2n) is 10.4. The molecule has 5 atom stereocenters. The standard InChI is InChI=1S/C29H41NO4/c1-21-6-5-8-22(16-21)18-25(31)10-11-26-27-19-23(17-24(27)20-28(26)32)7-3-2-4-9-29(33)30-12-14-34-15-13-30/h5-6,8,10-11,16-17,24-28,31-32H,2-4,7,9,12-15,18-20H2,1H3/t24-,25-,26+,27-,28+/m0/s1. The Kier molecular flexibility index (Phi) is 8.98. The van der Waals surface area contributed by atoms with Crippen LogP contribution in [0.4, 0.5) is 0 Å². The Balaban J connectivity index is 1.17. The van der Waals surface area contributed by atoms with E-state index in [1.54, 1.807) is 0 Å². The van der Waals surface area contributed by atoms with Gasteiger partial charge >= 0.3 is 0 Å². The Labute approximate surface area is 204 Å². The molecule has 2 N–H and O–H groups in total. The Morgan fingerprint density at radius 2 is 2.06 bits per heavy atom. The third kappa shape index (κ3) is 6.80. The average molecular weight is 468 g/mol. The number of fused-ring (bicyclic) bond motifs is 1. The van der Waals surface area contributed by atoms with Crippen molar-refractivity contribution in [2.75, 3.05) is 26.3 Å². The highest BCUT2D eigenvalue weighted by molar-refractivity contribution is 5.76. The van der Waals surface area contributed by atoms with Gasteiger partial charge in [0, 0.05) is 31.8 Å². The zero-order valence-electron chi connectivity index (χ0n) is 20.6. The van der Waals surface area contributed by atoms with Crippen LogP contribution in [-0.4, -0.2) is 59.5 Å². The number of carbonyl (C=O) groups excluding carboxylic acids is 1. The summed E-state index contributed by atoms with van der Waals surface area (Å²) in [5.41, 5.74) is 3.86. The monoisotopic (exact) mass is 467 g/mol. The van der Waals surface area contributed by atoms with E-state index in [0.717, 1.165) is 57.2 Å². The molecule has 0 spiro atoms. The smallest absolute Gasteiger partial charge is 0.222 e. The number of allylic oxidation sites excluding steroid dienone is 2. The molecule has 0 bridgehead atoms. The van der Waals surface area contributed by atoms with Crippen LogP contribution in [0.3, 0.4) is 0 Å². The summed E-state index contributed by atoms with van der Waals surface area (Å²) in [6.07, 6.45) is 12.9. The first-order chi connectivity index (χ1) is 16.5. The van der Waals surface area contributed by atoms with Crippen LogP contribution in [0.2, 0.25) is 0 Å². The predicted octanol–water partition coefficient (Wildman–Crippen LogP) is 4.21. The maximum Gasteiger partial charge on any atom is 0.222 e. The van der Waals surface area contributed by atoms with Gasteiger partial charge in [0.1, 0.15) is 0 Å². The summed E-state index contributed by atoms with van der Waals surface area (Å²) in [5.74, 6) is 1.30. The van der Waals surface area contributed by atoms with Crippen molar-refractivity contribution >= 4 is 5.91 Å².